The Bertz CT molecular complexity index is 585. The molecule has 2 aromatic carbocycles. The molecule has 2 atom stereocenters. The van der Waals surface area contributed by atoms with E-state index in [1.807, 2.05) is 12.1 Å². The molecular formula is C18H22N2O. The number of nitrogens with zero attached hydrogens (tertiary/aromatic N) is 1. The first-order valence-electron chi connectivity index (χ1n) is 7.42. The van der Waals surface area contributed by atoms with Crippen LogP contribution in [0.2, 0.25) is 0 Å². The van der Waals surface area contributed by atoms with Crippen LogP contribution in [0.25, 0.3) is 0 Å². The van der Waals surface area contributed by atoms with E-state index in [-0.39, 0.29) is 6.04 Å². The Labute approximate surface area is 126 Å². The number of nitrogens with two attached hydrogens (primary N) is 1. The van der Waals surface area contributed by atoms with Gasteiger partial charge >= 0.3 is 0 Å². The van der Waals surface area contributed by atoms with Gasteiger partial charge in [0.05, 0.1) is 7.11 Å². The maximum absolute atomic E-state index is 6.38. The lowest BCUT2D eigenvalue weighted by Crippen LogP contribution is -2.28. The van der Waals surface area contributed by atoms with Gasteiger partial charge in [-0.3, -0.25) is 4.90 Å². The molecule has 1 fully saturated rings. The zero-order valence-corrected chi connectivity index (χ0v) is 12.4. The Morgan fingerprint density at radius 3 is 2.52 bits per heavy atom. The van der Waals surface area contributed by atoms with Crippen LogP contribution in [0.5, 0.6) is 5.75 Å². The molecule has 0 aromatic heterocycles. The largest absolute Gasteiger partial charge is 0.496 e. The topological polar surface area (TPSA) is 38.5 Å². The van der Waals surface area contributed by atoms with Gasteiger partial charge in [-0.05, 0) is 11.6 Å². The van der Waals surface area contributed by atoms with Crippen molar-refractivity contribution in [1.82, 2.24) is 4.90 Å². The van der Waals surface area contributed by atoms with E-state index in [4.69, 9.17) is 10.5 Å². The molecule has 0 saturated carbocycles. The van der Waals surface area contributed by atoms with Gasteiger partial charge < -0.3 is 10.5 Å². The van der Waals surface area contributed by atoms with Gasteiger partial charge in [0, 0.05) is 37.2 Å². The first kappa shape index (κ1) is 14.1. The fourth-order valence-corrected chi connectivity index (χ4v) is 3.19. The Hall–Kier alpha value is -1.84. The van der Waals surface area contributed by atoms with Gasteiger partial charge in [0.2, 0.25) is 0 Å². The van der Waals surface area contributed by atoms with Crippen molar-refractivity contribution >= 4 is 0 Å². The fourth-order valence-electron chi connectivity index (χ4n) is 3.19. The van der Waals surface area contributed by atoms with Crippen LogP contribution in [0.15, 0.2) is 54.6 Å². The molecule has 0 aliphatic carbocycles. The van der Waals surface area contributed by atoms with Crippen molar-refractivity contribution in [2.24, 2.45) is 5.73 Å². The van der Waals surface area contributed by atoms with E-state index in [0.717, 1.165) is 25.4 Å². The molecule has 1 aliphatic rings. The van der Waals surface area contributed by atoms with Crippen LogP contribution in [0.3, 0.4) is 0 Å². The quantitative estimate of drug-likeness (QED) is 0.937. The first-order chi connectivity index (χ1) is 10.3. The van der Waals surface area contributed by atoms with Crippen molar-refractivity contribution in [2.75, 3.05) is 20.2 Å². The minimum atomic E-state index is 0.157. The number of para-hydroxylation sites is 1. The molecule has 3 nitrogen and oxygen atoms in total. The van der Waals surface area contributed by atoms with Crippen molar-refractivity contribution in [3.8, 4) is 5.75 Å². The number of ether oxygens (including phenoxy) is 1. The average molecular weight is 282 g/mol. The zero-order chi connectivity index (χ0) is 14.7. The van der Waals surface area contributed by atoms with E-state index < -0.39 is 0 Å². The molecule has 2 unspecified atom stereocenters. The predicted octanol–water partition coefficient (Wildman–Crippen LogP) is 2.62. The number of rotatable bonds is 4. The molecule has 21 heavy (non-hydrogen) atoms. The summed E-state index contributed by atoms with van der Waals surface area (Å²) < 4.78 is 5.49. The minimum Gasteiger partial charge on any atom is -0.496 e. The van der Waals surface area contributed by atoms with Crippen molar-refractivity contribution in [2.45, 2.75) is 18.5 Å². The zero-order valence-electron chi connectivity index (χ0n) is 12.4. The normalized spacial score (nSPS) is 22.4. The lowest BCUT2D eigenvalue weighted by Gasteiger charge is -2.18. The highest BCUT2D eigenvalue weighted by molar-refractivity contribution is 5.38. The molecule has 1 aliphatic heterocycles. The molecule has 2 aromatic rings. The van der Waals surface area contributed by atoms with Crippen molar-refractivity contribution < 1.29 is 4.74 Å². The van der Waals surface area contributed by atoms with Crippen LogP contribution in [0, 0.1) is 0 Å². The van der Waals surface area contributed by atoms with Crippen LogP contribution >= 0.6 is 0 Å². The van der Waals surface area contributed by atoms with Gasteiger partial charge in [0.15, 0.2) is 0 Å². The SMILES string of the molecule is COc1ccccc1C1CN(Cc2ccccc2)CC1N. The Kier molecular flexibility index (Phi) is 4.23. The molecule has 0 spiro atoms. The second kappa shape index (κ2) is 6.29. The summed E-state index contributed by atoms with van der Waals surface area (Å²) in [5.41, 5.74) is 8.94. The van der Waals surface area contributed by atoms with Crippen LogP contribution in [0.4, 0.5) is 0 Å². The summed E-state index contributed by atoms with van der Waals surface area (Å²) in [4.78, 5) is 2.43. The summed E-state index contributed by atoms with van der Waals surface area (Å²) in [6, 6.07) is 18.9. The molecule has 1 heterocycles. The lowest BCUT2D eigenvalue weighted by molar-refractivity contribution is 0.323. The summed E-state index contributed by atoms with van der Waals surface area (Å²) in [5, 5.41) is 0. The summed E-state index contributed by atoms with van der Waals surface area (Å²) in [6.07, 6.45) is 0. The average Bonchev–Trinajstić information content (AvgIpc) is 2.88. The third kappa shape index (κ3) is 3.09. The molecule has 110 valence electrons. The number of benzene rings is 2. The van der Waals surface area contributed by atoms with E-state index in [2.05, 4.69) is 47.4 Å². The number of methoxy groups -OCH3 is 1. The van der Waals surface area contributed by atoms with E-state index in [1.165, 1.54) is 11.1 Å². The minimum absolute atomic E-state index is 0.157. The number of likely N-dealkylation sites (tertiary alicyclic amines) is 1. The molecule has 2 N–H and O–H groups in total. The second-order valence-corrected chi connectivity index (χ2v) is 5.69. The van der Waals surface area contributed by atoms with Gasteiger partial charge in [0.1, 0.15) is 5.75 Å². The first-order valence-corrected chi connectivity index (χ1v) is 7.42. The summed E-state index contributed by atoms with van der Waals surface area (Å²) in [5.74, 6) is 1.28. The Morgan fingerprint density at radius 1 is 1.05 bits per heavy atom. The molecular weight excluding hydrogens is 260 g/mol. The van der Waals surface area contributed by atoms with Gasteiger partial charge in [-0.25, -0.2) is 0 Å². The third-order valence-electron chi connectivity index (χ3n) is 4.23. The van der Waals surface area contributed by atoms with E-state index >= 15 is 0 Å². The lowest BCUT2D eigenvalue weighted by atomic mass is 9.94. The highest BCUT2D eigenvalue weighted by atomic mass is 16.5. The fraction of sp³-hybridized carbons (Fsp3) is 0.333. The van der Waals surface area contributed by atoms with Crippen LogP contribution in [-0.2, 0) is 6.54 Å². The van der Waals surface area contributed by atoms with Crippen LogP contribution in [0.1, 0.15) is 17.0 Å². The molecule has 1 saturated heterocycles. The van der Waals surface area contributed by atoms with Crippen molar-refractivity contribution in [3.63, 3.8) is 0 Å². The standard InChI is InChI=1S/C18H22N2O/c1-21-18-10-6-5-9-15(18)16-12-20(13-17(16)19)11-14-7-3-2-4-8-14/h2-10,16-17H,11-13,19H2,1H3. The second-order valence-electron chi connectivity index (χ2n) is 5.69. The maximum atomic E-state index is 6.38. The maximum Gasteiger partial charge on any atom is 0.122 e. The Morgan fingerprint density at radius 2 is 1.76 bits per heavy atom. The number of hydrogen-bond acceptors (Lipinski definition) is 3. The monoisotopic (exact) mass is 282 g/mol. The van der Waals surface area contributed by atoms with E-state index in [9.17, 15) is 0 Å². The van der Waals surface area contributed by atoms with Crippen molar-refractivity contribution in [1.29, 1.82) is 0 Å². The summed E-state index contributed by atoms with van der Waals surface area (Å²) >= 11 is 0. The predicted molar refractivity (Wildman–Crippen MR) is 85.4 cm³/mol. The number of hydrogen-bond donors (Lipinski definition) is 1. The molecule has 3 rings (SSSR count). The highest BCUT2D eigenvalue weighted by Crippen LogP contribution is 2.33. The Balaban J connectivity index is 1.74. The van der Waals surface area contributed by atoms with Gasteiger partial charge in [-0.2, -0.15) is 0 Å². The van der Waals surface area contributed by atoms with E-state index in [1.54, 1.807) is 7.11 Å². The molecule has 0 amide bonds. The van der Waals surface area contributed by atoms with Gasteiger partial charge in [-0.15, -0.1) is 0 Å². The molecule has 3 heteroatoms. The highest BCUT2D eigenvalue weighted by Gasteiger charge is 2.32. The van der Waals surface area contributed by atoms with Gasteiger partial charge in [-0.1, -0.05) is 48.5 Å². The molecule has 0 radical (unpaired) electrons. The third-order valence-corrected chi connectivity index (χ3v) is 4.23. The smallest absolute Gasteiger partial charge is 0.122 e. The summed E-state index contributed by atoms with van der Waals surface area (Å²) in [7, 11) is 1.72. The van der Waals surface area contributed by atoms with Gasteiger partial charge in [0.25, 0.3) is 0 Å². The van der Waals surface area contributed by atoms with Crippen LogP contribution in [-0.4, -0.2) is 31.1 Å². The molecule has 0 bridgehead atoms. The van der Waals surface area contributed by atoms with Crippen molar-refractivity contribution in [3.05, 3.63) is 65.7 Å². The van der Waals surface area contributed by atoms with E-state index in [0.29, 0.717) is 5.92 Å². The summed E-state index contributed by atoms with van der Waals surface area (Å²) in [6.45, 7) is 2.87. The van der Waals surface area contributed by atoms with Crippen LogP contribution < -0.4 is 10.5 Å².